The van der Waals surface area contributed by atoms with E-state index < -0.39 is 16.1 Å². The number of rotatable bonds is 11. The molecule has 0 radical (unpaired) electrons. The van der Waals surface area contributed by atoms with Crippen LogP contribution in [0, 0.1) is 5.82 Å². The van der Waals surface area contributed by atoms with Gasteiger partial charge < -0.3 is 19.2 Å². The lowest BCUT2D eigenvalue weighted by Crippen LogP contribution is -2.32. The largest absolute Gasteiger partial charge is 0.457 e. The molecule has 1 saturated carbocycles. The summed E-state index contributed by atoms with van der Waals surface area (Å²) in [6.07, 6.45) is 5.16. The Bertz CT molecular complexity index is 1650. The van der Waals surface area contributed by atoms with Gasteiger partial charge >= 0.3 is 6.09 Å². The first-order valence-corrected chi connectivity index (χ1v) is 16.4. The molecule has 1 aromatic heterocycles. The fourth-order valence-electron chi connectivity index (χ4n) is 4.63. The van der Waals surface area contributed by atoms with Crippen molar-refractivity contribution >= 4 is 44.5 Å². The number of nitrogens with one attached hydrogen (secondary N) is 1. The van der Waals surface area contributed by atoms with E-state index in [2.05, 4.69) is 5.32 Å². The summed E-state index contributed by atoms with van der Waals surface area (Å²) in [5.74, 6) is 2.28. The maximum Gasteiger partial charge on any atom is 0.412 e. The highest BCUT2D eigenvalue weighted by Gasteiger charge is 2.33. The topological polar surface area (TPSA) is 98.1 Å². The summed E-state index contributed by atoms with van der Waals surface area (Å²) in [5, 5.41) is 3.06. The molecule has 216 valence electrons. The molecule has 41 heavy (non-hydrogen) atoms. The molecule has 1 aliphatic carbocycles. The highest BCUT2D eigenvalue weighted by Crippen LogP contribution is 2.49. The Balaban J connectivity index is 1.58. The minimum Gasteiger partial charge on any atom is -0.457 e. The molecule has 0 bridgehead atoms. The van der Waals surface area contributed by atoms with Crippen LogP contribution in [-0.2, 0) is 10.0 Å². The molecule has 4 aromatic rings. The Kier molecular flexibility index (Phi) is 8.46. The maximum atomic E-state index is 13.2. The van der Waals surface area contributed by atoms with Crippen molar-refractivity contribution in [2.45, 2.75) is 25.2 Å². The molecule has 3 aromatic carbocycles. The average Bonchev–Trinajstić information content (AvgIpc) is 3.74. The van der Waals surface area contributed by atoms with E-state index in [9.17, 15) is 17.6 Å². The van der Waals surface area contributed by atoms with Gasteiger partial charge in [-0.05, 0) is 97.3 Å². The number of sulfonamides is 1. The van der Waals surface area contributed by atoms with Crippen LogP contribution in [0.5, 0.6) is 17.2 Å². The van der Waals surface area contributed by atoms with Crippen molar-refractivity contribution in [1.82, 2.24) is 5.32 Å². The zero-order valence-electron chi connectivity index (χ0n) is 23.0. The van der Waals surface area contributed by atoms with Crippen LogP contribution in [0.2, 0.25) is 0 Å². The Morgan fingerprint density at radius 3 is 2.34 bits per heavy atom. The zero-order valence-corrected chi connectivity index (χ0v) is 24.6. The van der Waals surface area contributed by atoms with E-state index in [-0.39, 0.29) is 17.5 Å². The van der Waals surface area contributed by atoms with Crippen LogP contribution >= 0.6 is 11.8 Å². The van der Waals surface area contributed by atoms with Gasteiger partial charge in [0, 0.05) is 25.2 Å². The number of nitrogens with zero attached hydrogens (tertiary/aromatic N) is 1. The molecule has 1 heterocycles. The molecule has 1 amide bonds. The van der Waals surface area contributed by atoms with Crippen LogP contribution in [-0.4, -0.2) is 46.4 Å². The van der Waals surface area contributed by atoms with Gasteiger partial charge in [0.2, 0.25) is 10.0 Å². The molecule has 11 heteroatoms. The lowest BCUT2D eigenvalue weighted by Gasteiger charge is -2.25. The third kappa shape index (κ3) is 6.62. The van der Waals surface area contributed by atoms with Gasteiger partial charge in [-0.2, -0.15) is 11.8 Å². The van der Waals surface area contributed by atoms with Crippen molar-refractivity contribution in [2.75, 3.05) is 36.2 Å². The van der Waals surface area contributed by atoms with E-state index in [1.165, 1.54) is 41.9 Å². The van der Waals surface area contributed by atoms with Crippen LogP contribution in [0.1, 0.15) is 30.7 Å². The molecule has 5 rings (SSSR count). The SMILES string of the molecule is CNC(=O)Oc1c(-c2ccc(Oc3ccc(F)cc3)cc2)oc2cc(N(CCCSC)S(C)(=O)=O)c(C3CC3)cc12. The van der Waals surface area contributed by atoms with E-state index >= 15 is 0 Å². The number of carbonyl (C=O) groups is 1. The first-order chi connectivity index (χ1) is 19.7. The van der Waals surface area contributed by atoms with Gasteiger partial charge in [-0.3, -0.25) is 4.31 Å². The van der Waals surface area contributed by atoms with E-state index in [0.717, 1.165) is 24.2 Å². The Morgan fingerprint density at radius 2 is 1.76 bits per heavy atom. The summed E-state index contributed by atoms with van der Waals surface area (Å²) in [6.45, 7) is 0.357. The number of anilines is 1. The summed E-state index contributed by atoms with van der Waals surface area (Å²) in [4.78, 5) is 12.4. The molecule has 1 N–H and O–H groups in total. The van der Waals surface area contributed by atoms with Crippen molar-refractivity contribution in [1.29, 1.82) is 0 Å². The predicted molar refractivity (Wildman–Crippen MR) is 160 cm³/mol. The Labute approximate surface area is 242 Å². The minimum atomic E-state index is -3.55. The number of hydrogen-bond acceptors (Lipinski definition) is 7. The van der Waals surface area contributed by atoms with E-state index in [1.54, 1.807) is 42.1 Å². The second-order valence-corrected chi connectivity index (χ2v) is 12.7. The van der Waals surface area contributed by atoms with Crippen molar-refractivity contribution in [3.05, 3.63) is 72.0 Å². The fourth-order valence-corrected chi connectivity index (χ4v) is 6.02. The normalized spacial score (nSPS) is 13.3. The number of amides is 1. The number of benzene rings is 3. The van der Waals surface area contributed by atoms with Gasteiger partial charge in [-0.25, -0.2) is 17.6 Å². The first kappa shape index (κ1) is 28.8. The van der Waals surface area contributed by atoms with Crippen LogP contribution in [0.3, 0.4) is 0 Å². The van der Waals surface area contributed by atoms with Crippen LogP contribution in [0.15, 0.2) is 65.1 Å². The number of furan rings is 1. The molecule has 0 aliphatic heterocycles. The zero-order chi connectivity index (χ0) is 29.1. The predicted octanol–water partition coefficient (Wildman–Crippen LogP) is 7.15. The van der Waals surface area contributed by atoms with Crippen molar-refractivity contribution < 1.29 is 31.5 Å². The third-order valence-corrected chi connectivity index (χ3v) is 8.63. The second kappa shape index (κ2) is 12.0. The van der Waals surface area contributed by atoms with Gasteiger partial charge in [-0.1, -0.05) is 0 Å². The number of fused-ring (bicyclic) bond motifs is 1. The number of hydrogen-bond donors (Lipinski definition) is 1. The highest BCUT2D eigenvalue weighted by atomic mass is 32.2. The van der Waals surface area contributed by atoms with Crippen molar-refractivity contribution in [3.8, 4) is 28.6 Å². The summed E-state index contributed by atoms with van der Waals surface area (Å²) in [6, 6.07) is 16.3. The molecule has 0 spiro atoms. The van der Waals surface area contributed by atoms with Gasteiger partial charge in [0.05, 0.1) is 17.3 Å². The van der Waals surface area contributed by atoms with Crippen molar-refractivity contribution in [3.63, 3.8) is 0 Å². The quantitative estimate of drug-likeness (QED) is 0.183. The summed E-state index contributed by atoms with van der Waals surface area (Å²) in [7, 11) is -2.08. The smallest absolute Gasteiger partial charge is 0.412 e. The average molecular weight is 599 g/mol. The van der Waals surface area contributed by atoms with E-state index in [1.807, 2.05) is 12.3 Å². The van der Waals surface area contributed by atoms with Gasteiger partial charge in [0.25, 0.3) is 0 Å². The van der Waals surface area contributed by atoms with Crippen LogP contribution in [0.4, 0.5) is 14.9 Å². The molecule has 0 atom stereocenters. The fraction of sp³-hybridized carbons (Fsp3) is 0.300. The number of thioether (sulfide) groups is 1. The maximum absolute atomic E-state index is 13.2. The summed E-state index contributed by atoms with van der Waals surface area (Å²) < 4.78 is 58.3. The monoisotopic (exact) mass is 598 g/mol. The Morgan fingerprint density at radius 1 is 1.10 bits per heavy atom. The molecule has 0 saturated heterocycles. The second-order valence-electron chi connectivity index (χ2n) is 9.84. The number of carbonyl (C=O) groups excluding carboxylic acids is 1. The van der Waals surface area contributed by atoms with Gasteiger partial charge in [0.1, 0.15) is 22.9 Å². The standard InChI is InChI=1S/C30H31FN2O6S2/c1-32-30(34)39-29-25-17-24(19-5-6-19)26(33(41(3,35)36)15-4-16-40-2)18-27(25)38-28(29)20-7-11-22(12-8-20)37-23-13-9-21(31)10-14-23/h7-14,17-19H,4-6,15-16H2,1-3H3,(H,32,34). The lowest BCUT2D eigenvalue weighted by molar-refractivity contribution is 0.203. The third-order valence-electron chi connectivity index (χ3n) is 6.75. The lowest BCUT2D eigenvalue weighted by atomic mass is 10.0. The molecule has 1 aliphatic rings. The summed E-state index contributed by atoms with van der Waals surface area (Å²) in [5.41, 5.74) is 2.52. The number of halogens is 1. The molecular weight excluding hydrogens is 567 g/mol. The number of ether oxygens (including phenoxy) is 2. The highest BCUT2D eigenvalue weighted by molar-refractivity contribution is 7.98. The van der Waals surface area contributed by atoms with E-state index in [0.29, 0.717) is 52.4 Å². The molecule has 0 unspecified atom stereocenters. The summed E-state index contributed by atoms with van der Waals surface area (Å²) >= 11 is 1.67. The molecule has 1 fully saturated rings. The molecular formula is C30H31FN2O6S2. The Hall–Kier alpha value is -3.70. The van der Waals surface area contributed by atoms with Crippen LogP contribution < -0.4 is 19.1 Å². The molecule has 8 nitrogen and oxygen atoms in total. The van der Waals surface area contributed by atoms with E-state index in [4.69, 9.17) is 13.9 Å². The van der Waals surface area contributed by atoms with Gasteiger partial charge in [0.15, 0.2) is 11.5 Å². The first-order valence-electron chi connectivity index (χ1n) is 13.2. The van der Waals surface area contributed by atoms with Gasteiger partial charge in [-0.15, -0.1) is 0 Å². The van der Waals surface area contributed by atoms with Crippen LogP contribution in [0.25, 0.3) is 22.3 Å². The van der Waals surface area contributed by atoms with Crippen molar-refractivity contribution in [2.24, 2.45) is 0 Å². The minimum absolute atomic E-state index is 0.216.